The van der Waals surface area contributed by atoms with Crippen LogP contribution in [-0.2, 0) is 4.79 Å². The Labute approximate surface area is 102 Å². The third kappa shape index (κ3) is 2.22. The molecule has 1 aromatic carbocycles. The van der Waals surface area contributed by atoms with Crippen LogP contribution in [0.5, 0.6) is 0 Å². The molecule has 0 radical (unpaired) electrons. The number of nitrogens with one attached hydrogen (secondary N) is 1. The zero-order valence-electron chi connectivity index (χ0n) is 8.77. The molecule has 0 saturated heterocycles. The largest absolute Gasteiger partial charge is 0.324 e. The summed E-state index contributed by atoms with van der Waals surface area (Å²) in [5.41, 5.74) is 0.793. The molecule has 1 amide bonds. The summed E-state index contributed by atoms with van der Waals surface area (Å²) in [6.45, 7) is 1.79. The number of carbonyl (C=O) groups is 1. The van der Waals surface area contributed by atoms with Gasteiger partial charge in [0.15, 0.2) is 0 Å². The molecule has 2 rings (SSSR count). The van der Waals surface area contributed by atoms with Crippen molar-refractivity contribution in [2.75, 3.05) is 5.32 Å². The fourth-order valence-electron chi connectivity index (χ4n) is 1.45. The Morgan fingerprint density at radius 2 is 2.25 bits per heavy atom. The lowest BCUT2D eigenvalue weighted by atomic mass is 10.1. The van der Waals surface area contributed by atoms with E-state index in [4.69, 9.17) is 0 Å². The van der Waals surface area contributed by atoms with E-state index in [1.165, 1.54) is 0 Å². The molecule has 0 saturated carbocycles. The summed E-state index contributed by atoms with van der Waals surface area (Å²) in [7, 11) is 0. The highest BCUT2D eigenvalue weighted by Crippen LogP contribution is 2.22. The van der Waals surface area contributed by atoms with E-state index in [2.05, 4.69) is 26.2 Å². The maximum absolute atomic E-state index is 11.6. The van der Waals surface area contributed by atoms with Gasteiger partial charge >= 0.3 is 0 Å². The Kier molecular flexibility index (Phi) is 3.19. The standard InChI is InChI=1S/C12H11BrN2O/c1-8(13)12(16)15-11-4-2-3-9-5-6-14-7-10(9)11/h2-8H,1H3,(H,15,16). The molecule has 1 aromatic heterocycles. The molecule has 1 heterocycles. The molecule has 16 heavy (non-hydrogen) atoms. The van der Waals surface area contributed by atoms with Gasteiger partial charge in [0.25, 0.3) is 0 Å². The van der Waals surface area contributed by atoms with Gasteiger partial charge < -0.3 is 5.32 Å². The molecule has 82 valence electrons. The first-order chi connectivity index (χ1) is 7.68. The molecule has 0 spiro atoms. The van der Waals surface area contributed by atoms with Crippen LogP contribution >= 0.6 is 15.9 Å². The zero-order valence-corrected chi connectivity index (χ0v) is 10.4. The van der Waals surface area contributed by atoms with Crippen LogP contribution in [0.3, 0.4) is 0 Å². The van der Waals surface area contributed by atoms with E-state index in [9.17, 15) is 4.79 Å². The average Bonchev–Trinajstić information content (AvgIpc) is 2.29. The van der Waals surface area contributed by atoms with Gasteiger partial charge in [0, 0.05) is 17.8 Å². The molecular formula is C12H11BrN2O. The highest BCUT2D eigenvalue weighted by atomic mass is 79.9. The van der Waals surface area contributed by atoms with Crippen LogP contribution in [-0.4, -0.2) is 15.7 Å². The van der Waals surface area contributed by atoms with Crippen LogP contribution in [0.2, 0.25) is 0 Å². The number of nitrogens with zero attached hydrogens (tertiary/aromatic N) is 1. The molecule has 0 fully saturated rings. The number of alkyl halides is 1. The molecular weight excluding hydrogens is 268 g/mol. The second-order valence-corrected chi connectivity index (χ2v) is 4.88. The molecule has 1 unspecified atom stereocenters. The zero-order chi connectivity index (χ0) is 11.5. The van der Waals surface area contributed by atoms with Crippen molar-refractivity contribution in [1.82, 2.24) is 4.98 Å². The van der Waals surface area contributed by atoms with Crippen LogP contribution in [0.15, 0.2) is 36.7 Å². The first-order valence-electron chi connectivity index (χ1n) is 4.96. The monoisotopic (exact) mass is 278 g/mol. The van der Waals surface area contributed by atoms with Gasteiger partial charge in [-0.1, -0.05) is 28.1 Å². The second kappa shape index (κ2) is 4.61. The fraction of sp³-hybridized carbons (Fsp3) is 0.167. The van der Waals surface area contributed by atoms with Crippen molar-refractivity contribution in [3.8, 4) is 0 Å². The summed E-state index contributed by atoms with van der Waals surface area (Å²) in [4.78, 5) is 15.4. The van der Waals surface area contributed by atoms with Gasteiger partial charge in [0.2, 0.25) is 5.91 Å². The minimum Gasteiger partial charge on any atom is -0.324 e. The molecule has 0 aliphatic rings. The number of aromatic nitrogens is 1. The molecule has 4 heteroatoms. The van der Waals surface area contributed by atoms with Crippen LogP contribution in [0.1, 0.15) is 6.92 Å². The average molecular weight is 279 g/mol. The molecule has 0 bridgehead atoms. The van der Waals surface area contributed by atoms with Crippen LogP contribution < -0.4 is 5.32 Å². The number of fused-ring (bicyclic) bond motifs is 1. The van der Waals surface area contributed by atoms with Crippen molar-refractivity contribution in [1.29, 1.82) is 0 Å². The predicted molar refractivity (Wildman–Crippen MR) is 68.8 cm³/mol. The quantitative estimate of drug-likeness (QED) is 0.859. The maximum Gasteiger partial charge on any atom is 0.237 e. The Morgan fingerprint density at radius 1 is 1.44 bits per heavy atom. The van der Waals surface area contributed by atoms with Gasteiger partial charge in [-0.2, -0.15) is 0 Å². The summed E-state index contributed by atoms with van der Waals surface area (Å²) < 4.78 is 0. The minimum absolute atomic E-state index is 0.0589. The number of benzene rings is 1. The highest BCUT2D eigenvalue weighted by Gasteiger charge is 2.10. The number of hydrogen-bond acceptors (Lipinski definition) is 2. The molecule has 1 N–H and O–H groups in total. The third-order valence-corrected chi connectivity index (χ3v) is 2.72. The molecule has 0 aliphatic heterocycles. The lowest BCUT2D eigenvalue weighted by Crippen LogP contribution is -2.19. The van der Waals surface area contributed by atoms with Gasteiger partial charge in [-0.05, 0) is 24.4 Å². The Morgan fingerprint density at radius 3 is 3.00 bits per heavy atom. The number of hydrogen-bond donors (Lipinski definition) is 1. The van der Waals surface area contributed by atoms with Gasteiger partial charge in [-0.15, -0.1) is 0 Å². The number of anilines is 1. The van der Waals surface area contributed by atoms with Crippen molar-refractivity contribution in [2.24, 2.45) is 0 Å². The Bertz CT molecular complexity index is 520. The first kappa shape index (κ1) is 11.1. The first-order valence-corrected chi connectivity index (χ1v) is 5.88. The SMILES string of the molecule is CC(Br)C(=O)Nc1cccc2ccncc12. The van der Waals surface area contributed by atoms with Crippen molar-refractivity contribution in [3.63, 3.8) is 0 Å². The topological polar surface area (TPSA) is 42.0 Å². The summed E-state index contributed by atoms with van der Waals surface area (Å²) in [5.74, 6) is -0.0589. The van der Waals surface area contributed by atoms with Gasteiger partial charge in [-0.25, -0.2) is 0 Å². The summed E-state index contributed by atoms with van der Waals surface area (Å²) >= 11 is 3.23. The molecule has 1 atom stereocenters. The van der Waals surface area contributed by atoms with E-state index in [1.54, 1.807) is 19.3 Å². The fourth-order valence-corrected chi connectivity index (χ4v) is 1.57. The van der Waals surface area contributed by atoms with E-state index in [0.29, 0.717) is 0 Å². The van der Waals surface area contributed by atoms with Crippen LogP contribution in [0.4, 0.5) is 5.69 Å². The summed E-state index contributed by atoms with van der Waals surface area (Å²) in [6.07, 6.45) is 3.49. The van der Waals surface area contributed by atoms with Gasteiger partial charge in [0.05, 0.1) is 10.5 Å². The minimum atomic E-state index is -0.209. The van der Waals surface area contributed by atoms with Crippen LogP contribution in [0, 0.1) is 0 Å². The third-order valence-electron chi connectivity index (χ3n) is 2.30. The van der Waals surface area contributed by atoms with Crippen molar-refractivity contribution < 1.29 is 4.79 Å². The van der Waals surface area contributed by atoms with Gasteiger partial charge in [0.1, 0.15) is 0 Å². The summed E-state index contributed by atoms with van der Waals surface area (Å²) in [5, 5.41) is 4.87. The Balaban J connectivity index is 2.41. The number of carbonyl (C=O) groups excluding carboxylic acids is 1. The molecule has 0 aliphatic carbocycles. The highest BCUT2D eigenvalue weighted by molar-refractivity contribution is 9.10. The lowest BCUT2D eigenvalue weighted by Gasteiger charge is -2.09. The number of pyridine rings is 1. The van der Waals surface area contributed by atoms with E-state index >= 15 is 0 Å². The van der Waals surface area contributed by atoms with E-state index in [1.807, 2.05) is 24.3 Å². The molecule has 2 aromatic rings. The Hall–Kier alpha value is -1.42. The van der Waals surface area contributed by atoms with E-state index in [-0.39, 0.29) is 10.7 Å². The normalized spacial score (nSPS) is 12.4. The number of rotatable bonds is 2. The van der Waals surface area contributed by atoms with Crippen molar-refractivity contribution in [3.05, 3.63) is 36.7 Å². The van der Waals surface area contributed by atoms with Gasteiger partial charge in [-0.3, -0.25) is 9.78 Å². The van der Waals surface area contributed by atoms with E-state index in [0.717, 1.165) is 16.5 Å². The summed E-state index contributed by atoms with van der Waals surface area (Å²) in [6, 6.07) is 7.70. The number of halogens is 1. The van der Waals surface area contributed by atoms with Crippen molar-refractivity contribution in [2.45, 2.75) is 11.8 Å². The lowest BCUT2D eigenvalue weighted by molar-refractivity contribution is -0.115. The van der Waals surface area contributed by atoms with Crippen molar-refractivity contribution >= 4 is 38.3 Å². The smallest absolute Gasteiger partial charge is 0.237 e. The van der Waals surface area contributed by atoms with E-state index < -0.39 is 0 Å². The maximum atomic E-state index is 11.6. The van der Waals surface area contributed by atoms with Crippen LogP contribution in [0.25, 0.3) is 10.8 Å². The number of amides is 1. The second-order valence-electron chi connectivity index (χ2n) is 3.51. The predicted octanol–water partition coefficient (Wildman–Crippen LogP) is 2.96. The molecule has 3 nitrogen and oxygen atoms in total.